The van der Waals surface area contributed by atoms with E-state index in [-0.39, 0.29) is 11.9 Å². The lowest BCUT2D eigenvalue weighted by Crippen LogP contribution is -2.39. The molecular formula is C15H16N6O. The van der Waals surface area contributed by atoms with Crippen molar-refractivity contribution in [3.05, 3.63) is 48.4 Å². The Kier molecular flexibility index (Phi) is 3.10. The summed E-state index contributed by atoms with van der Waals surface area (Å²) in [5.41, 5.74) is 1.50. The summed E-state index contributed by atoms with van der Waals surface area (Å²) in [6, 6.07) is 3.67. The van der Waals surface area contributed by atoms with Crippen LogP contribution in [0, 0.1) is 0 Å². The SMILES string of the molecule is O=C(c1ccc2nccn2c1)N1CCCCC1c1ncn[nH]1. The maximum absolute atomic E-state index is 12.9. The van der Waals surface area contributed by atoms with Crippen LogP contribution < -0.4 is 0 Å². The van der Waals surface area contributed by atoms with Gasteiger partial charge in [-0.25, -0.2) is 9.97 Å². The molecule has 0 aliphatic carbocycles. The summed E-state index contributed by atoms with van der Waals surface area (Å²) in [5, 5.41) is 6.81. The molecule has 0 saturated carbocycles. The fourth-order valence-corrected chi connectivity index (χ4v) is 3.05. The van der Waals surface area contributed by atoms with Crippen LogP contribution in [0.25, 0.3) is 5.65 Å². The standard InChI is InChI=1S/C15H16N6O/c22-15(11-4-5-13-16-6-8-20(13)9-11)21-7-2-1-3-12(21)14-17-10-18-19-14/h4-6,8-10,12H,1-3,7H2,(H,17,18,19). The van der Waals surface area contributed by atoms with E-state index in [9.17, 15) is 4.79 Å². The predicted octanol–water partition coefficient (Wildman–Crippen LogP) is 1.82. The molecule has 0 aromatic carbocycles. The zero-order valence-electron chi connectivity index (χ0n) is 12.0. The molecule has 1 unspecified atom stereocenters. The van der Waals surface area contributed by atoms with Crippen molar-refractivity contribution in [1.82, 2.24) is 29.5 Å². The molecule has 3 aromatic heterocycles. The molecule has 0 radical (unpaired) electrons. The lowest BCUT2D eigenvalue weighted by atomic mass is 10.0. The first-order chi connectivity index (χ1) is 10.8. The molecule has 4 heterocycles. The Morgan fingerprint density at radius 1 is 1.27 bits per heavy atom. The highest BCUT2D eigenvalue weighted by Crippen LogP contribution is 2.29. The summed E-state index contributed by atoms with van der Waals surface area (Å²) in [5.74, 6) is 0.786. The van der Waals surface area contributed by atoms with E-state index >= 15 is 0 Å². The van der Waals surface area contributed by atoms with Crippen molar-refractivity contribution in [2.75, 3.05) is 6.54 Å². The summed E-state index contributed by atoms with van der Waals surface area (Å²) < 4.78 is 1.86. The molecule has 1 amide bonds. The van der Waals surface area contributed by atoms with Gasteiger partial charge in [-0.3, -0.25) is 9.89 Å². The van der Waals surface area contributed by atoms with Crippen LogP contribution in [0.2, 0.25) is 0 Å². The van der Waals surface area contributed by atoms with Gasteiger partial charge in [0, 0.05) is 25.1 Å². The maximum Gasteiger partial charge on any atom is 0.255 e. The quantitative estimate of drug-likeness (QED) is 0.782. The third-order valence-electron chi connectivity index (χ3n) is 4.15. The number of amides is 1. The van der Waals surface area contributed by atoms with Crippen LogP contribution >= 0.6 is 0 Å². The van der Waals surface area contributed by atoms with E-state index in [1.165, 1.54) is 6.33 Å². The number of imidazole rings is 1. The molecule has 1 saturated heterocycles. The van der Waals surface area contributed by atoms with Crippen LogP contribution in [0.3, 0.4) is 0 Å². The third kappa shape index (κ3) is 2.14. The number of rotatable bonds is 2. The molecule has 112 valence electrons. The van der Waals surface area contributed by atoms with Gasteiger partial charge in [0.25, 0.3) is 5.91 Å². The number of fused-ring (bicyclic) bond motifs is 1. The number of likely N-dealkylation sites (tertiary alicyclic amines) is 1. The van der Waals surface area contributed by atoms with Crippen molar-refractivity contribution >= 4 is 11.6 Å². The number of hydrogen-bond acceptors (Lipinski definition) is 4. The number of aromatic nitrogens is 5. The minimum atomic E-state index is -0.0257. The molecule has 1 atom stereocenters. The van der Waals surface area contributed by atoms with E-state index in [4.69, 9.17) is 0 Å². The second kappa shape index (κ2) is 5.25. The zero-order chi connectivity index (χ0) is 14.9. The van der Waals surface area contributed by atoms with Crippen LogP contribution in [0.1, 0.15) is 41.5 Å². The molecule has 7 nitrogen and oxygen atoms in total. The number of pyridine rings is 1. The van der Waals surface area contributed by atoms with Gasteiger partial charge in [-0.05, 0) is 31.4 Å². The molecule has 1 aliphatic rings. The highest BCUT2D eigenvalue weighted by Gasteiger charge is 2.30. The molecule has 22 heavy (non-hydrogen) atoms. The Bertz CT molecular complexity index is 793. The number of aromatic amines is 1. The Hall–Kier alpha value is -2.70. The van der Waals surface area contributed by atoms with Crippen molar-refractivity contribution in [2.45, 2.75) is 25.3 Å². The Balaban J connectivity index is 1.67. The minimum Gasteiger partial charge on any atom is -0.328 e. The second-order valence-corrected chi connectivity index (χ2v) is 5.49. The van der Waals surface area contributed by atoms with Gasteiger partial charge < -0.3 is 9.30 Å². The van der Waals surface area contributed by atoms with Crippen LogP contribution in [0.4, 0.5) is 0 Å². The molecule has 0 bridgehead atoms. The molecule has 3 aromatic rings. The Labute approximate surface area is 127 Å². The molecule has 1 aliphatic heterocycles. The van der Waals surface area contributed by atoms with E-state index in [0.717, 1.165) is 37.3 Å². The van der Waals surface area contributed by atoms with Crippen LogP contribution in [-0.4, -0.2) is 41.9 Å². The van der Waals surface area contributed by atoms with Crippen LogP contribution in [0.15, 0.2) is 37.1 Å². The Morgan fingerprint density at radius 3 is 3.09 bits per heavy atom. The van der Waals surface area contributed by atoms with Gasteiger partial charge >= 0.3 is 0 Å². The van der Waals surface area contributed by atoms with Crippen molar-refractivity contribution < 1.29 is 4.79 Å². The molecule has 4 rings (SSSR count). The molecule has 1 N–H and O–H groups in total. The van der Waals surface area contributed by atoms with Gasteiger partial charge in [-0.1, -0.05) is 0 Å². The topological polar surface area (TPSA) is 79.2 Å². The maximum atomic E-state index is 12.9. The fourth-order valence-electron chi connectivity index (χ4n) is 3.05. The number of carbonyl (C=O) groups is 1. The van der Waals surface area contributed by atoms with Crippen molar-refractivity contribution in [3.8, 4) is 0 Å². The highest BCUT2D eigenvalue weighted by atomic mass is 16.2. The monoisotopic (exact) mass is 296 g/mol. The highest BCUT2D eigenvalue weighted by molar-refractivity contribution is 5.94. The van der Waals surface area contributed by atoms with Gasteiger partial charge in [-0.15, -0.1) is 0 Å². The predicted molar refractivity (Wildman–Crippen MR) is 79.2 cm³/mol. The van der Waals surface area contributed by atoms with Crippen molar-refractivity contribution in [1.29, 1.82) is 0 Å². The van der Waals surface area contributed by atoms with Gasteiger partial charge in [0.05, 0.1) is 11.6 Å². The fraction of sp³-hybridized carbons (Fsp3) is 0.333. The number of hydrogen-bond donors (Lipinski definition) is 1. The minimum absolute atomic E-state index is 0.0247. The van der Waals surface area contributed by atoms with Gasteiger partial charge in [0.2, 0.25) is 0 Å². The number of carbonyl (C=O) groups excluding carboxylic acids is 1. The van der Waals surface area contributed by atoms with E-state index < -0.39 is 0 Å². The summed E-state index contributed by atoms with van der Waals surface area (Å²) in [7, 11) is 0. The lowest BCUT2D eigenvalue weighted by Gasteiger charge is -2.34. The summed E-state index contributed by atoms with van der Waals surface area (Å²) in [4.78, 5) is 23.2. The van der Waals surface area contributed by atoms with Gasteiger partial charge in [-0.2, -0.15) is 5.10 Å². The molecule has 7 heteroatoms. The Morgan fingerprint density at radius 2 is 2.23 bits per heavy atom. The smallest absolute Gasteiger partial charge is 0.255 e. The summed E-state index contributed by atoms with van der Waals surface area (Å²) in [6.07, 6.45) is 9.91. The van der Waals surface area contributed by atoms with E-state index in [1.807, 2.05) is 33.8 Å². The number of H-pyrrole nitrogens is 1. The third-order valence-corrected chi connectivity index (χ3v) is 4.15. The first kappa shape index (κ1) is 13.0. The first-order valence-corrected chi connectivity index (χ1v) is 7.42. The number of nitrogens with zero attached hydrogens (tertiary/aromatic N) is 5. The van der Waals surface area contributed by atoms with Crippen LogP contribution in [-0.2, 0) is 0 Å². The average Bonchev–Trinajstić information content (AvgIpc) is 3.24. The van der Waals surface area contributed by atoms with E-state index in [1.54, 1.807) is 6.20 Å². The van der Waals surface area contributed by atoms with E-state index in [0.29, 0.717) is 5.56 Å². The zero-order valence-corrected chi connectivity index (χ0v) is 12.0. The average molecular weight is 296 g/mol. The normalized spacial score (nSPS) is 18.7. The first-order valence-electron chi connectivity index (χ1n) is 7.42. The lowest BCUT2D eigenvalue weighted by molar-refractivity contribution is 0.0600. The second-order valence-electron chi connectivity index (χ2n) is 5.49. The molecular weight excluding hydrogens is 280 g/mol. The van der Waals surface area contributed by atoms with Gasteiger partial charge in [0.15, 0.2) is 0 Å². The number of nitrogens with one attached hydrogen (secondary N) is 1. The largest absolute Gasteiger partial charge is 0.328 e. The van der Waals surface area contributed by atoms with E-state index in [2.05, 4.69) is 20.2 Å². The molecule has 0 spiro atoms. The van der Waals surface area contributed by atoms with Gasteiger partial charge in [0.1, 0.15) is 17.8 Å². The van der Waals surface area contributed by atoms with Crippen LogP contribution in [0.5, 0.6) is 0 Å². The number of piperidine rings is 1. The molecule has 1 fully saturated rings. The summed E-state index contributed by atoms with van der Waals surface area (Å²) in [6.45, 7) is 0.742. The van der Waals surface area contributed by atoms with Crippen molar-refractivity contribution in [3.63, 3.8) is 0 Å². The van der Waals surface area contributed by atoms with Crippen molar-refractivity contribution in [2.24, 2.45) is 0 Å². The summed E-state index contributed by atoms with van der Waals surface area (Å²) >= 11 is 0.